The highest BCUT2D eigenvalue weighted by Gasteiger charge is 2.17. The molecule has 154 valence electrons. The third kappa shape index (κ3) is 4.62. The number of carbonyl (C=O) groups is 1. The molecular weight excluding hydrogens is 384 g/mol. The number of nitrogens with one attached hydrogen (secondary N) is 1. The molecule has 2 aromatic heterocycles. The van der Waals surface area contributed by atoms with Crippen molar-refractivity contribution in [2.24, 2.45) is 7.05 Å². The Morgan fingerprint density at radius 3 is 2.59 bits per heavy atom. The minimum absolute atomic E-state index is 0.0361. The highest BCUT2D eigenvalue weighted by molar-refractivity contribution is 7.99. The van der Waals surface area contributed by atoms with E-state index in [1.54, 1.807) is 4.57 Å². The fraction of sp³-hybridized carbons (Fsp3) is 0.409. The van der Waals surface area contributed by atoms with E-state index in [1.165, 1.54) is 16.7 Å². The van der Waals surface area contributed by atoms with Crippen LogP contribution in [0.3, 0.4) is 0 Å². The Morgan fingerprint density at radius 1 is 1.21 bits per heavy atom. The van der Waals surface area contributed by atoms with Crippen molar-refractivity contribution in [3.8, 4) is 0 Å². The maximum absolute atomic E-state index is 13.1. The summed E-state index contributed by atoms with van der Waals surface area (Å²) in [5.41, 5.74) is 3.40. The second-order valence-electron chi connectivity index (χ2n) is 7.73. The summed E-state index contributed by atoms with van der Waals surface area (Å²) in [5, 5.41) is 1.23. The van der Waals surface area contributed by atoms with E-state index in [1.807, 2.05) is 55.8 Å². The molecule has 0 bridgehead atoms. The summed E-state index contributed by atoms with van der Waals surface area (Å²) in [7, 11) is 6.16. The molecule has 7 heteroatoms. The third-order valence-corrected chi connectivity index (χ3v) is 6.27. The van der Waals surface area contributed by atoms with Crippen LogP contribution in [0.1, 0.15) is 28.2 Å². The standard InChI is InChI=1S/C22H28N4O2S/c1-15-13-18(16(2)25(15)5)20(27)14-29-22-23-19-10-7-6-9-17(19)21(28)26(22)12-8-11-24(3)4/h6-7,9-10,13H,8,11-12,14H2,1-5H3/p+1. The highest BCUT2D eigenvalue weighted by atomic mass is 32.2. The second kappa shape index (κ2) is 8.97. The number of aromatic nitrogens is 3. The van der Waals surface area contributed by atoms with Gasteiger partial charge in [0.1, 0.15) is 0 Å². The maximum Gasteiger partial charge on any atom is 0.262 e. The van der Waals surface area contributed by atoms with Crippen molar-refractivity contribution in [1.29, 1.82) is 0 Å². The van der Waals surface area contributed by atoms with Gasteiger partial charge in [0.15, 0.2) is 10.9 Å². The van der Waals surface area contributed by atoms with Gasteiger partial charge in [-0.3, -0.25) is 14.2 Å². The van der Waals surface area contributed by atoms with Crippen molar-refractivity contribution in [2.45, 2.75) is 32.0 Å². The first-order chi connectivity index (χ1) is 13.8. The Bertz CT molecular complexity index is 1100. The number of nitrogens with zero attached hydrogens (tertiary/aromatic N) is 3. The first-order valence-electron chi connectivity index (χ1n) is 9.87. The number of carbonyl (C=O) groups excluding carboxylic acids is 1. The lowest BCUT2D eigenvalue weighted by Crippen LogP contribution is -3.05. The molecule has 0 saturated heterocycles. The first-order valence-corrected chi connectivity index (χ1v) is 10.9. The van der Waals surface area contributed by atoms with E-state index in [0.29, 0.717) is 22.6 Å². The number of thioether (sulfide) groups is 1. The molecule has 3 aromatic rings. The largest absolute Gasteiger partial charge is 0.351 e. The lowest BCUT2D eigenvalue weighted by Gasteiger charge is -2.14. The van der Waals surface area contributed by atoms with Gasteiger partial charge in [-0.2, -0.15) is 0 Å². The maximum atomic E-state index is 13.1. The third-order valence-electron chi connectivity index (χ3n) is 5.29. The van der Waals surface area contributed by atoms with Gasteiger partial charge in [0.05, 0.1) is 37.3 Å². The number of quaternary nitrogens is 1. The molecule has 3 rings (SSSR count). The topological polar surface area (TPSA) is 61.3 Å². The molecule has 1 aromatic carbocycles. The van der Waals surface area contributed by atoms with Crippen LogP contribution in [0.25, 0.3) is 10.9 Å². The number of hydrogen-bond acceptors (Lipinski definition) is 4. The summed E-state index contributed by atoms with van der Waals surface area (Å²) in [6.07, 6.45) is 0.876. The molecule has 0 amide bonds. The van der Waals surface area contributed by atoms with Crippen LogP contribution < -0.4 is 10.5 Å². The lowest BCUT2D eigenvalue weighted by molar-refractivity contribution is -0.858. The molecule has 29 heavy (non-hydrogen) atoms. The minimum atomic E-state index is -0.0361. The Balaban J connectivity index is 1.89. The van der Waals surface area contributed by atoms with E-state index in [2.05, 4.69) is 14.1 Å². The van der Waals surface area contributed by atoms with Crippen LogP contribution in [0.5, 0.6) is 0 Å². The van der Waals surface area contributed by atoms with Gasteiger partial charge in [0.2, 0.25) is 0 Å². The Labute approximate surface area is 175 Å². The van der Waals surface area contributed by atoms with Crippen molar-refractivity contribution >= 4 is 28.4 Å². The zero-order valence-electron chi connectivity index (χ0n) is 17.8. The highest BCUT2D eigenvalue weighted by Crippen LogP contribution is 2.21. The van der Waals surface area contributed by atoms with Crippen molar-refractivity contribution in [3.63, 3.8) is 0 Å². The van der Waals surface area contributed by atoms with E-state index in [9.17, 15) is 9.59 Å². The van der Waals surface area contributed by atoms with Gasteiger partial charge >= 0.3 is 0 Å². The van der Waals surface area contributed by atoms with Crippen LogP contribution in [0.2, 0.25) is 0 Å². The van der Waals surface area contributed by atoms with Gasteiger partial charge in [0.25, 0.3) is 5.56 Å². The number of hydrogen-bond donors (Lipinski definition) is 1. The van der Waals surface area contributed by atoms with Crippen molar-refractivity contribution in [1.82, 2.24) is 14.1 Å². The number of ketones is 1. The van der Waals surface area contributed by atoms with Gasteiger partial charge < -0.3 is 9.47 Å². The number of benzene rings is 1. The summed E-state index contributed by atoms with van der Waals surface area (Å²) in [4.78, 5) is 31.9. The van der Waals surface area contributed by atoms with Crippen LogP contribution >= 0.6 is 11.8 Å². The molecule has 0 aliphatic rings. The molecule has 0 spiro atoms. The molecule has 0 fully saturated rings. The van der Waals surface area contributed by atoms with E-state index in [4.69, 9.17) is 4.98 Å². The predicted molar refractivity (Wildman–Crippen MR) is 118 cm³/mol. The van der Waals surface area contributed by atoms with E-state index >= 15 is 0 Å². The van der Waals surface area contributed by atoms with E-state index in [-0.39, 0.29) is 17.1 Å². The molecule has 0 atom stereocenters. The van der Waals surface area contributed by atoms with Crippen molar-refractivity contribution < 1.29 is 9.69 Å². The zero-order valence-corrected chi connectivity index (χ0v) is 18.6. The van der Waals surface area contributed by atoms with Crippen LogP contribution in [0, 0.1) is 13.8 Å². The molecular formula is C22H29N4O2S+. The van der Waals surface area contributed by atoms with Crippen LogP contribution in [0.15, 0.2) is 40.3 Å². The average molecular weight is 414 g/mol. The zero-order chi connectivity index (χ0) is 21.1. The average Bonchev–Trinajstić information content (AvgIpc) is 2.95. The van der Waals surface area contributed by atoms with Gasteiger partial charge in [-0.25, -0.2) is 4.98 Å². The molecule has 6 nitrogen and oxygen atoms in total. The van der Waals surface area contributed by atoms with Gasteiger partial charge in [-0.05, 0) is 32.0 Å². The molecule has 1 N–H and O–H groups in total. The number of fused-ring (bicyclic) bond motifs is 1. The van der Waals surface area contributed by atoms with Gasteiger partial charge in [-0.1, -0.05) is 23.9 Å². The number of para-hydroxylation sites is 1. The lowest BCUT2D eigenvalue weighted by atomic mass is 10.2. The van der Waals surface area contributed by atoms with Gasteiger partial charge in [0, 0.05) is 37.0 Å². The normalized spacial score (nSPS) is 11.5. The predicted octanol–water partition coefficient (Wildman–Crippen LogP) is 1.86. The Kier molecular flexibility index (Phi) is 6.59. The summed E-state index contributed by atoms with van der Waals surface area (Å²) >= 11 is 1.35. The number of Topliss-reactive ketones (excluding diaryl/α,β-unsaturated/α-hetero) is 1. The quantitative estimate of drug-likeness (QED) is 0.348. The summed E-state index contributed by atoms with van der Waals surface area (Å²) in [5.74, 6) is 0.316. The summed E-state index contributed by atoms with van der Waals surface area (Å²) in [6.45, 7) is 5.51. The molecule has 2 heterocycles. The van der Waals surface area contributed by atoms with Crippen LogP contribution in [-0.2, 0) is 13.6 Å². The Hall–Kier alpha value is -2.38. The SMILES string of the molecule is Cc1cc(C(=O)CSc2nc3ccccc3c(=O)n2CCC[NH+](C)C)c(C)n1C. The molecule has 0 aliphatic heterocycles. The fourth-order valence-corrected chi connectivity index (χ4v) is 4.30. The van der Waals surface area contributed by atoms with E-state index in [0.717, 1.165) is 29.9 Å². The smallest absolute Gasteiger partial charge is 0.262 e. The first kappa shape index (κ1) is 21.3. The minimum Gasteiger partial charge on any atom is -0.351 e. The Morgan fingerprint density at radius 2 is 1.93 bits per heavy atom. The second-order valence-corrected chi connectivity index (χ2v) is 8.68. The van der Waals surface area contributed by atoms with Crippen LogP contribution in [0.4, 0.5) is 0 Å². The molecule has 0 aliphatic carbocycles. The molecule has 0 radical (unpaired) electrons. The molecule has 0 saturated carbocycles. The number of aryl methyl sites for hydroxylation is 1. The fourth-order valence-electron chi connectivity index (χ4n) is 3.39. The van der Waals surface area contributed by atoms with Crippen molar-refractivity contribution in [3.05, 3.63) is 57.6 Å². The van der Waals surface area contributed by atoms with Gasteiger partial charge in [-0.15, -0.1) is 0 Å². The van der Waals surface area contributed by atoms with E-state index < -0.39 is 0 Å². The number of rotatable bonds is 8. The van der Waals surface area contributed by atoms with Crippen molar-refractivity contribution in [2.75, 3.05) is 26.4 Å². The summed E-state index contributed by atoms with van der Waals surface area (Å²) < 4.78 is 3.75. The summed E-state index contributed by atoms with van der Waals surface area (Å²) in [6, 6.07) is 9.33. The molecule has 0 unspecified atom stereocenters. The monoisotopic (exact) mass is 413 g/mol. The van der Waals surface area contributed by atoms with Crippen LogP contribution in [-0.4, -0.2) is 46.3 Å².